The Morgan fingerprint density at radius 3 is 3.33 bits per heavy atom. The second-order valence-corrected chi connectivity index (χ2v) is 3.10. The molecule has 4 heteroatoms. The molecule has 0 aliphatic rings. The summed E-state index contributed by atoms with van der Waals surface area (Å²) in [6, 6.07) is 3.67. The molecule has 0 radical (unpaired) electrons. The van der Waals surface area contributed by atoms with Gasteiger partial charge in [0, 0.05) is 24.3 Å². The number of carbonyl (C=O) groups is 1. The predicted octanol–water partition coefficient (Wildman–Crippen LogP) is 1.48. The summed E-state index contributed by atoms with van der Waals surface area (Å²) in [5, 5.41) is 3.55. The van der Waals surface area contributed by atoms with E-state index in [9.17, 15) is 4.79 Å². The molecule has 4 nitrogen and oxygen atoms in total. The molecule has 2 heterocycles. The fourth-order valence-corrected chi connectivity index (χ4v) is 1.40. The van der Waals surface area contributed by atoms with Crippen LogP contribution in [0.3, 0.4) is 0 Å². The molecule has 2 aromatic heterocycles. The number of nitrogens with zero attached hydrogens (tertiary/aromatic N) is 1. The van der Waals surface area contributed by atoms with Crippen LogP contribution in [0.4, 0.5) is 0 Å². The predicted molar refractivity (Wildman–Crippen MR) is 58.6 cm³/mol. The number of rotatable bonds is 3. The quantitative estimate of drug-likeness (QED) is 0.739. The topological polar surface area (TPSA) is 57.8 Å². The number of amides is 1. The Hall–Kier alpha value is -2.10. The first-order valence-corrected chi connectivity index (χ1v) is 4.64. The number of pyridine rings is 1. The van der Waals surface area contributed by atoms with Gasteiger partial charge >= 0.3 is 0 Å². The summed E-state index contributed by atoms with van der Waals surface area (Å²) in [6.07, 6.45) is 4.99. The molecule has 0 aromatic carbocycles. The third-order valence-corrected chi connectivity index (χ3v) is 2.10. The number of aromatic amines is 1. The van der Waals surface area contributed by atoms with Gasteiger partial charge in [0.1, 0.15) is 5.65 Å². The van der Waals surface area contributed by atoms with E-state index in [1.807, 2.05) is 6.07 Å². The number of carbonyl (C=O) groups excluding carboxylic acids is 1. The van der Waals surface area contributed by atoms with Crippen molar-refractivity contribution in [3.63, 3.8) is 0 Å². The van der Waals surface area contributed by atoms with Gasteiger partial charge in [-0.05, 0) is 12.1 Å². The number of H-pyrrole nitrogens is 1. The summed E-state index contributed by atoms with van der Waals surface area (Å²) < 4.78 is 0. The van der Waals surface area contributed by atoms with Crippen molar-refractivity contribution >= 4 is 16.9 Å². The molecule has 0 atom stereocenters. The smallest absolute Gasteiger partial charge is 0.253 e. The Labute approximate surface area is 87.0 Å². The van der Waals surface area contributed by atoms with Gasteiger partial charge in [-0.3, -0.25) is 4.79 Å². The van der Waals surface area contributed by atoms with Crippen LogP contribution in [0.15, 0.2) is 37.2 Å². The van der Waals surface area contributed by atoms with Crippen molar-refractivity contribution in [2.75, 3.05) is 6.54 Å². The fourth-order valence-electron chi connectivity index (χ4n) is 1.40. The molecule has 0 aliphatic heterocycles. The van der Waals surface area contributed by atoms with E-state index in [-0.39, 0.29) is 5.91 Å². The zero-order chi connectivity index (χ0) is 10.7. The van der Waals surface area contributed by atoms with Gasteiger partial charge in [0.25, 0.3) is 5.91 Å². The normalized spacial score (nSPS) is 10.1. The monoisotopic (exact) mass is 201 g/mol. The molecule has 0 spiro atoms. The third kappa shape index (κ3) is 1.74. The molecule has 0 fully saturated rings. The molecule has 2 aromatic rings. The number of aromatic nitrogens is 2. The Kier molecular flexibility index (Phi) is 2.49. The van der Waals surface area contributed by atoms with E-state index in [4.69, 9.17) is 0 Å². The van der Waals surface area contributed by atoms with Gasteiger partial charge in [-0.25, -0.2) is 4.98 Å². The summed E-state index contributed by atoms with van der Waals surface area (Å²) in [5.41, 5.74) is 1.33. The molecule has 0 saturated carbocycles. The lowest BCUT2D eigenvalue weighted by molar-refractivity contribution is 0.0959. The zero-order valence-corrected chi connectivity index (χ0v) is 8.16. The van der Waals surface area contributed by atoms with Gasteiger partial charge in [-0.2, -0.15) is 0 Å². The molecular formula is C11H11N3O. The molecule has 0 unspecified atom stereocenters. The van der Waals surface area contributed by atoms with E-state index in [0.717, 1.165) is 11.0 Å². The van der Waals surface area contributed by atoms with Crippen molar-refractivity contribution in [2.24, 2.45) is 0 Å². The van der Waals surface area contributed by atoms with E-state index in [1.54, 1.807) is 24.5 Å². The number of hydrogen-bond donors (Lipinski definition) is 2. The first-order valence-electron chi connectivity index (χ1n) is 4.64. The van der Waals surface area contributed by atoms with Crippen LogP contribution in [0.1, 0.15) is 10.4 Å². The van der Waals surface area contributed by atoms with Crippen molar-refractivity contribution in [1.82, 2.24) is 15.3 Å². The standard InChI is InChI=1S/C11H11N3O/c1-2-5-13-11(15)9-7-14-10-8(9)4-3-6-12-10/h2-4,6-7H,1,5H2,(H,12,14)(H,13,15). The Bertz CT molecular complexity index is 501. The maximum Gasteiger partial charge on any atom is 0.253 e. The van der Waals surface area contributed by atoms with Crippen molar-refractivity contribution < 1.29 is 4.79 Å². The van der Waals surface area contributed by atoms with Crippen LogP contribution in [0.25, 0.3) is 11.0 Å². The van der Waals surface area contributed by atoms with Crippen LogP contribution >= 0.6 is 0 Å². The van der Waals surface area contributed by atoms with Crippen molar-refractivity contribution in [3.05, 3.63) is 42.7 Å². The van der Waals surface area contributed by atoms with Gasteiger partial charge in [-0.15, -0.1) is 6.58 Å². The van der Waals surface area contributed by atoms with E-state index in [2.05, 4.69) is 21.9 Å². The van der Waals surface area contributed by atoms with Gasteiger partial charge in [-0.1, -0.05) is 6.08 Å². The molecule has 1 amide bonds. The summed E-state index contributed by atoms with van der Waals surface area (Å²) in [6.45, 7) is 4.01. The van der Waals surface area contributed by atoms with Crippen LogP contribution in [0.2, 0.25) is 0 Å². The highest BCUT2D eigenvalue weighted by atomic mass is 16.1. The maximum atomic E-state index is 11.7. The van der Waals surface area contributed by atoms with Gasteiger partial charge in [0.05, 0.1) is 5.56 Å². The summed E-state index contributed by atoms with van der Waals surface area (Å²) in [5.74, 6) is -0.117. The molecule has 0 saturated heterocycles. The lowest BCUT2D eigenvalue weighted by Gasteiger charge is -1.99. The second kappa shape index (κ2) is 3.96. The van der Waals surface area contributed by atoms with E-state index < -0.39 is 0 Å². The first-order chi connectivity index (χ1) is 7.33. The third-order valence-electron chi connectivity index (χ3n) is 2.10. The Morgan fingerprint density at radius 2 is 2.53 bits per heavy atom. The van der Waals surface area contributed by atoms with Crippen LogP contribution in [0.5, 0.6) is 0 Å². The maximum absolute atomic E-state index is 11.7. The van der Waals surface area contributed by atoms with Gasteiger partial charge < -0.3 is 10.3 Å². The molecule has 15 heavy (non-hydrogen) atoms. The summed E-state index contributed by atoms with van der Waals surface area (Å²) >= 11 is 0. The van der Waals surface area contributed by atoms with Crippen LogP contribution in [0, 0.1) is 0 Å². The van der Waals surface area contributed by atoms with Crippen LogP contribution < -0.4 is 5.32 Å². The molecule has 76 valence electrons. The Balaban J connectivity index is 2.35. The second-order valence-electron chi connectivity index (χ2n) is 3.10. The van der Waals surface area contributed by atoms with E-state index in [1.165, 1.54) is 0 Å². The summed E-state index contributed by atoms with van der Waals surface area (Å²) in [7, 11) is 0. The number of nitrogens with one attached hydrogen (secondary N) is 2. The highest BCUT2D eigenvalue weighted by Gasteiger charge is 2.10. The summed E-state index contributed by atoms with van der Waals surface area (Å²) in [4.78, 5) is 18.7. The molecule has 2 N–H and O–H groups in total. The van der Waals surface area contributed by atoms with Crippen LogP contribution in [-0.4, -0.2) is 22.4 Å². The fraction of sp³-hybridized carbons (Fsp3) is 0.0909. The van der Waals surface area contributed by atoms with E-state index >= 15 is 0 Å². The van der Waals surface area contributed by atoms with Crippen LogP contribution in [-0.2, 0) is 0 Å². The average molecular weight is 201 g/mol. The van der Waals surface area contributed by atoms with Crippen molar-refractivity contribution in [1.29, 1.82) is 0 Å². The SMILES string of the molecule is C=CCNC(=O)c1c[nH]c2ncccc12. The van der Waals surface area contributed by atoms with Crippen molar-refractivity contribution in [3.8, 4) is 0 Å². The zero-order valence-electron chi connectivity index (χ0n) is 8.16. The largest absolute Gasteiger partial charge is 0.349 e. The van der Waals surface area contributed by atoms with Crippen molar-refractivity contribution in [2.45, 2.75) is 0 Å². The minimum absolute atomic E-state index is 0.117. The molecule has 2 rings (SSSR count). The minimum atomic E-state index is -0.117. The van der Waals surface area contributed by atoms with E-state index in [0.29, 0.717) is 12.1 Å². The number of fused-ring (bicyclic) bond motifs is 1. The highest BCUT2D eigenvalue weighted by Crippen LogP contribution is 2.14. The Morgan fingerprint density at radius 1 is 1.67 bits per heavy atom. The van der Waals surface area contributed by atoms with Gasteiger partial charge in [0.2, 0.25) is 0 Å². The molecule has 0 bridgehead atoms. The minimum Gasteiger partial charge on any atom is -0.349 e. The average Bonchev–Trinajstić information content (AvgIpc) is 2.69. The highest BCUT2D eigenvalue weighted by molar-refractivity contribution is 6.05. The lowest BCUT2D eigenvalue weighted by Crippen LogP contribution is -2.22. The first kappa shape index (κ1) is 9.45. The lowest BCUT2D eigenvalue weighted by atomic mass is 10.2. The molecular weight excluding hydrogens is 190 g/mol. The van der Waals surface area contributed by atoms with Gasteiger partial charge in [0.15, 0.2) is 0 Å². The number of hydrogen-bond acceptors (Lipinski definition) is 2. The molecule has 0 aliphatic carbocycles.